The van der Waals surface area contributed by atoms with Gasteiger partial charge in [0.05, 0.1) is 11.6 Å². The maximum atomic E-state index is 5.06. The lowest BCUT2D eigenvalue weighted by Crippen LogP contribution is -1.84. The summed E-state index contributed by atoms with van der Waals surface area (Å²) in [6.07, 6.45) is 5.01. The van der Waals surface area contributed by atoms with Gasteiger partial charge < -0.3 is 4.74 Å². The van der Waals surface area contributed by atoms with Crippen LogP contribution in [-0.4, -0.2) is 7.11 Å². The molecule has 0 rings (SSSR count). The lowest BCUT2D eigenvalue weighted by Gasteiger charge is -2.02. The molecule has 0 heterocycles. The Hall–Kier alpha value is -0.240. The number of allylic oxidation sites excluding steroid dienone is 3. The highest BCUT2D eigenvalue weighted by molar-refractivity contribution is 9.11. The largest absolute Gasteiger partial charge is 0.496 e. The first kappa shape index (κ1) is 14.3. The number of methoxy groups -OCH3 is 1. The lowest BCUT2D eigenvalue weighted by atomic mass is 10.3. The fourth-order valence-electron chi connectivity index (χ4n) is 0.633. The summed E-state index contributed by atoms with van der Waals surface area (Å²) in [7, 11) is 1.67. The molecule has 2 heteroatoms. The Balaban J connectivity index is 0. The van der Waals surface area contributed by atoms with Crippen LogP contribution in [0.15, 0.2) is 22.4 Å². The molecule has 0 fully saturated rings. The van der Waals surface area contributed by atoms with Gasteiger partial charge in [0.1, 0.15) is 5.76 Å². The average molecular weight is 235 g/mol. The van der Waals surface area contributed by atoms with E-state index < -0.39 is 0 Å². The molecule has 0 N–H and O–H groups in total. The van der Waals surface area contributed by atoms with Crippen molar-refractivity contribution in [3.8, 4) is 0 Å². The Labute approximate surface area is 84.6 Å². The van der Waals surface area contributed by atoms with Crippen molar-refractivity contribution < 1.29 is 4.74 Å². The molecule has 72 valence electrons. The van der Waals surface area contributed by atoms with Gasteiger partial charge in [-0.3, -0.25) is 0 Å². The Bertz CT molecular complexity index is 148. The molecule has 0 amide bonds. The second-order valence-corrected chi connectivity index (χ2v) is 2.67. The summed E-state index contributed by atoms with van der Waals surface area (Å²) < 4.78 is 6.09. The second-order valence-electron chi connectivity index (χ2n) is 1.82. The minimum absolute atomic E-state index is 0.891. The van der Waals surface area contributed by atoms with Crippen LogP contribution in [0.1, 0.15) is 34.1 Å². The molecular weight excluding hydrogens is 216 g/mol. The molecule has 0 bridgehead atoms. The van der Waals surface area contributed by atoms with Crippen molar-refractivity contribution in [2.45, 2.75) is 34.1 Å². The molecule has 0 unspecified atom stereocenters. The molecule has 0 aliphatic rings. The van der Waals surface area contributed by atoms with Gasteiger partial charge in [0.15, 0.2) is 0 Å². The zero-order chi connectivity index (χ0) is 9.98. The van der Waals surface area contributed by atoms with Crippen LogP contribution in [0.4, 0.5) is 0 Å². The van der Waals surface area contributed by atoms with Gasteiger partial charge in [0.2, 0.25) is 0 Å². The van der Waals surface area contributed by atoms with Crippen LogP contribution in [0.2, 0.25) is 0 Å². The molecule has 0 aromatic carbocycles. The topological polar surface area (TPSA) is 9.23 Å². The first-order chi connectivity index (χ1) is 5.76. The molecular formula is C10H19BrO. The molecule has 0 radical (unpaired) electrons. The molecule has 1 nitrogen and oxygen atoms in total. The van der Waals surface area contributed by atoms with E-state index in [4.69, 9.17) is 4.74 Å². The van der Waals surface area contributed by atoms with Crippen LogP contribution < -0.4 is 0 Å². The fourth-order valence-corrected chi connectivity index (χ4v) is 1.35. The fraction of sp³-hybridized carbons (Fsp3) is 0.600. The number of rotatable bonds is 3. The van der Waals surface area contributed by atoms with Crippen molar-refractivity contribution >= 4 is 15.9 Å². The standard InChI is InChI=1S/C8H13BrO.C2H6/c1-4-6-7(9)8(5-2)10-3;1-2/h5-6H,4H2,1-3H3;1-2H3/b7-6+,8-5+;. The third-order valence-electron chi connectivity index (χ3n) is 1.10. The van der Waals surface area contributed by atoms with Crippen molar-refractivity contribution in [2.75, 3.05) is 7.11 Å². The summed E-state index contributed by atoms with van der Waals surface area (Å²) in [6, 6.07) is 0. The third kappa shape index (κ3) is 6.47. The van der Waals surface area contributed by atoms with Crippen LogP contribution in [0.25, 0.3) is 0 Å². The van der Waals surface area contributed by atoms with Crippen molar-refractivity contribution in [3.05, 3.63) is 22.4 Å². The maximum Gasteiger partial charge on any atom is 0.128 e. The molecule has 0 aromatic rings. The van der Waals surface area contributed by atoms with E-state index >= 15 is 0 Å². The number of halogens is 1. The SMILES string of the molecule is C/C=C(OC)\C(Br)=C/CC.CC. The van der Waals surface area contributed by atoms with E-state index in [1.54, 1.807) is 7.11 Å². The molecule has 0 aromatic heterocycles. The van der Waals surface area contributed by atoms with Crippen molar-refractivity contribution in [1.29, 1.82) is 0 Å². The van der Waals surface area contributed by atoms with Gasteiger partial charge in [0, 0.05) is 0 Å². The van der Waals surface area contributed by atoms with Gasteiger partial charge in [-0.25, -0.2) is 0 Å². The zero-order valence-corrected chi connectivity index (χ0v) is 10.2. The van der Waals surface area contributed by atoms with Crippen molar-refractivity contribution in [2.24, 2.45) is 0 Å². The smallest absolute Gasteiger partial charge is 0.128 e. The third-order valence-corrected chi connectivity index (χ3v) is 1.82. The summed E-state index contributed by atoms with van der Waals surface area (Å²) in [5, 5.41) is 0. The van der Waals surface area contributed by atoms with E-state index in [-0.39, 0.29) is 0 Å². The van der Waals surface area contributed by atoms with Crippen LogP contribution >= 0.6 is 15.9 Å². The summed E-state index contributed by atoms with van der Waals surface area (Å²) in [5.41, 5.74) is 0. The maximum absolute atomic E-state index is 5.06. The summed E-state index contributed by atoms with van der Waals surface area (Å²) in [6.45, 7) is 8.04. The molecule has 0 saturated carbocycles. The molecule has 12 heavy (non-hydrogen) atoms. The van der Waals surface area contributed by atoms with Crippen molar-refractivity contribution in [1.82, 2.24) is 0 Å². The first-order valence-electron chi connectivity index (χ1n) is 4.32. The number of hydrogen-bond donors (Lipinski definition) is 0. The minimum Gasteiger partial charge on any atom is -0.496 e. The van der Waals surface area contributed by atoms with E-state index in [0.29, 0.717) is 0 Å². The number of hydrogen-bond acceptors (Lipinski definition) is 1. The average Bonchev–Trinajstić information content (AvgIpc) is 2.11. The highest BCUT2D eigenvalue weighted by atomic mass is 79.9. The normalized spacial score (nSPS) is 11.8. The molecule has 0 saturated heterocycles. The van der Waals surface area contributed by atoms with E-state index in [0.717, 1.165) is 16.7 Å². The van der Waals surface area contributed by atoms with E-state index in [9.17, 15) is 0 Å². The van der Waals surface area contributed by atoms with Gasteiger partial charge in [-0.2, -0.15) is 0 Å². The quantitative estimate of drug-likeness (QED) is 0.524. The predicted molar refractivity (Wildman–Crippen MR) is 59.4 cm³/mol. The minimum atomic E-state index is 0.891. The monoisotopic (exact) mass is 234 g/mol. The van der Waals surface area contributed by atoms with Crippen molar-refractivity contribution in [3.63, 3.8) is 0 Å². The van der Waals surface area contributed by atoms with Gasteiger partial charge >= 0.3 is 0 Å². The first-order valence-corrected chi connectivity index (χ1v) is 5.11. The van der Waals surface area contributed by atoms with Crippen LogP contribution in [0.5, 0.6) is 0 Å². The molecule has 0 aliphatic heterocycles. The van der Waals surface area contributed by atoms with E-state index in [1.165, 1.54) is 0 Å². The Morgan fingerprint density at radius 2 is 1.92 bits per heavy atom. The van der Waals surface area contributed by atoms with Gasteiger partial charge in [-0.1, -0.05) is 26.8 Å². The predicted octanol–water partition coefficient (Wildman–Crippen LogP) is 4.25. The Kier molecular flexibility index (Phi) is 12.8. The Morgan fingerprint density at radius 3 is 2.17 bits per heavy atom. The van der Waals surface area contributed by atoms with Gasteiger partial charge in [0.25, 0.3) is 0 Å². The Morgan fingerprint density at radius 1 is 1.42 bits per heavy atom. The molecule has 0 atom stereocenters. The van der Waals surface area contributed by atoms with Gasteiger partial charge in [-0.15, -0.1) is 0 Å². The molecule has 0 spiro atoms. The zero-order valence-electron chi connectivity index (χ0n) is 8.65. The van der Waals surface area contributed by atoms with Crippen LogP contribution in [-0.2, 0) is 4.74 Å². The van der Waals surface area contributed by atoms with Crippen LogP contribution in [0.3, 0.4) is 0 Å². The highest BCUT2D eigenvalue weighted by Crippen LogP contribution is 2.17. The van der Waals surface area contributed by atoms with E-state index in [1.807, 2.05) is 26.8 Å². The summed E-state index contributed by atoms with van der Waals surface area (Å²) >= 11 is 3.39. The molecule has 0 aliphatic carbocycles. The summed E-state index contributed by atoms with van der Waals surface area (Å²) in [5.74, 6) is 0.891. The summed E-state index contributed by atoms with van der Waals surface area (Å²) in [4.78, 5) is 0. The number of ether oxygens (including phenoxy) is 1. The second kappa shape index (κ2) is 10.8. The lowest BCUT2D eigenvalue weighted by molar-refractivity contribution is 0.304. The van der Waals surface area contributed by atoms with E-state index in [2.05, 4.69) is 28.9 Å². The van der Waals surface area contributed by atoms with Crippen LogP contribution in [0, 0.1) is 0 Å². The van der Waals surface area contributed by atoms with Gasteiger partial charge in [-0.05, 0) is 35.4 Å². The highest BCUT2D eigenvalue weighted by Gasteiger charge is 1.96.